The first kappa shape index (κ1) is 18.7. The summed E-state index contributed by atoms with van der Waals surface area (Å²) in [5.74, 6) is 0.628. The highest BCUT2D eigenvalue weighted by Crippen LogP contribution is 2.40. The van der Waals surface area contributed by atoms with Crippen molar-refractivity contribution in [3.05, 3.63) is 30.5 Å². The van der Waals surface area contributed by atoms with Gasteiger partial charge in [0.15, 0.2) is 0 Å². The molecule has 2 aliphatic heterocycles. The number of para-hydroxylation sites is 1. The lowest BCUT2D eigenvalue weighted by Gasteiger charge is -2.38. The van der Waals surface area contributed by atoms with Gasteiger partial charge in [-0.15, -0.1) is 0 Å². The van der Waals surface area contributed by atoms with E-state index in [1.165, 1.54) is 6.92 Å². The number of carbonyl (C=O) groups excluding carboxylic acids is 2. The van der Waals surface area contributed by atoms with Gasteiger partial charge < -0.3 is 15.1 Å². The van der Waals surface area contributed by atoms with Gasteiger partial charge in [-0.1, -0.05) is 18.2 Å². The minimum atomic E-state index is -0.171. The van der Waals surface area contributed by atoms with Crippen LogP contribution in [0.3, 0.4) is 0 Å². The zero-order valence-corrected chi connectivity index (χ0v) is 16.4. The molecule has 2 saturated heterocycles. The number of nitrogens with one attached hydrogen (secondary N) is 1. The Labute approximate surface area is 165 Å². The zero-order chi connectivity index (χ0) is 19.6. The van der Waals surface area contributed by atoms with Gasteiger partial charge in [0.2, 0.25) is 17.8 Å². The van der Waals surface area contributed by atoms with E-state index in [2.05, 4.69) is 15.2 Å². The molecule has 1 aromatic carbocycles. The molecular formula is C21H27N5O2. The standard InChI is InChI=1S/C21H27N5O2/c1-16(27)22-15-19(28)25-11-4-8-21(10-13-25)9-5-12-26(21)20-23-14-17-6-2-3-7-18(17)24-20/h2-3,6-7,14H,4-5,8-13,15H2,1H3,(H,22,27)/t21-/m0/s1. The Balaban J connectivity index is 1.51. The topological polar surface area (TPSA) is 78.4 Å². The van der Waals surface area contributed by atoms with E-state index < -0.39 is 0 Å². The van der Waals surface area contributed by atoms with Crippen LogP contribution < -0.4 is 10.2 Å². The first-order valence-corrected chi connectivity index (χ1v) is 10.1. The van der Waals surface area contributed by atoms with Crippen molar-refractivity contribution in [3.63, 3.8) is 0 Å². The Bertz CT molecular complexity index is 886. The predicted octanol–water partition coefficient (Wildman–Crippen LogP) is 2.12. The van der Waals surface area contributed by atoms with Gasteiger partial charge in [-0.05, 0) is 38.2 Å². The summed E-state index contributed by atoms with van der Waals surface area (Å²) in [6.07, 6.45) is 7.04. The largest absolute Gasteiger partial charge is 0.347 e. The van der Waals surface area contributed by atoms with Crippen LogP contribution in [0, 0.1) is 0 Å². The number of anilines is 1. The molecular weight excluding hydrogens is 354 g/mol. The molecule has 1 atom stereocenters. The third-order valence-corrected chi connectivity index (χ3v) is 6.07. The van der Waals surface area contributed by atoms with E-state index >= 15 is 0 Å². The molecule has 2 aromatic rings. The van der Waals surface area contributed by atoms with Crippen LogP contribution in [-0.4, -0.2) is 58.4 Å². The van der Waals surface area contributed by atoms with Gasteiger partial charge in [0.25, 0.3) is 0 Å². The van der Waals surface area contributed by atoms with E-state index in [4.69, 9.17) is 4.98 Å². The van der Waals surface area contributed by atoms with Crippen molar-refractivity contribution in [2.24, 2.45) is 0 Å². The molecule has 148 valence electrons. The second-order valence-corrected chi connectivity index (χ2v) is 7.85. The number of likely N-dealkylation sites (tertiary alicyclic amines) is 1. The summed E-state index contributed by atoms with van der Waals surface area (Å²) in [6, 6.07) is 8.06. The first-order chi connectivity index (χ1) is 13.6. The van der Waals surface area contributed by atoms with Crippen molar-refractivity contribution < 1.29 is 9.59 Å². The average molecular weight is 381 g/mol. The van der Waals surface area contributed by atoms with Crippen molar-refractivity contribution >= 4 is 28.7 Å². The summed E-state index contributed by atoms with van der Waals surface area (Å²) in [5, 5.41) is 3.67. The Kier molecular flexibility index (Phi) is 5.15. The van der Waals surface area contributed by atoms with Crippen LogP contribution in [0.25, 0.3) is 10.9 Å². The molecule has 2 fully saturated rings. The second kappa shape index (κ2) is 7.73. The molecule has 2 aliphatic rings. The van der Waals surface area contributed by atoms with Crippen LogP contribution in [0.2, 0.25) is 0 Å². The first-order valence-electron chi connectivity index (χ1n) is 10.1. The maximum atomic E-state index is 12.4. The fourth-order valence-electron chi connectivity index (χ4n) is 4.60. The lowest BCUT2D eigenvalue weighted by atomic mass is 9.88. The summed E-state index contributed by atoms with van der Waals surface area (Å²) in [7, 11) is 0. The van der Waals surface area contributed by atoms with E-state index in [9.17, 15) is 9.59 Å². The Hall–Kier alpha value is -2.70. The monoisotopic (exact) mass is 381 g/mol. The number of rotatable bonds is 3. The molecule has 1 spiro atoms. The van der Waals surface area contributed by atoms with Crippen molar-refractivity contribution in [1.29, 1.82) is 0 Å². The second-order valence-electron chi connectivity index (χ2n) is 7.85. The number of carbonyl (C=O) groups is 2. The van der Waals surface area contributed by atoms with E-state index in [0.29, 0.717) is 6.54 Å². The quantitative estimate of drug-likeness (QED) is 0.881. The summed E-state index contributed by atoms with van der Waals surface area (Å²) in [5.41, 5.74) is 0.987. The number of nitrogens with zero attached hydrogens (tertiary/aromatic N) is 4. The minimum absolute atomic E-state index is 0.00116. The zero-order valence-electron chi connectivity index (χ0n) is 16.4. The number of amides is 2. The fraction of sp³-hybridized carbons (Fsp3) is 0.524. The van der Waals surface area contributed by atoms with Crippen LogP contribution in [0.4, 0.5) is 5.95 Å². The SMILES string of the molecule is CC(=O)NCC(=O)N1CCC[C@]2(CCCN2c2ncc3ccccc3n2)CC1. The van der Waals surface area contributed by atoms with E-state index in [0.717, 1.165) is 62.0 Å². The smallest absolute Gasteiger partial charge is 0.241 e. The van der Waals surface area contributed by atoms with Crippen LogP contribution in [0.1, 0.15) is 39.0 Å². The Morgan fingerprint density at radius 3 is 2.71 bits per heavy atom. The summed E-state index contributed by atoms with van der Waals surface area (Å²) in [6.45, 7) is 3.93. The molecule has 7 nitrogen and oxygen atoms in total. The highest BCUT2D eigenvalue weighted by Gasteiger charge is 2.43. The van der Waals surface area contributed by atoms with Crippen molar-refractivity contribution in [3.8, 4) is 0 Å². The molecule has 0 saturated carbocycles. The van der Waals surface area contributed by atoms with Crippen molar-refractivity contribution in [1.82, 2.24) is 20.2 Å². The molecule has 1 N–H and O–H groups in total. The van der Waals surface area contributed by atoms with Gasteiger partial charge >= 0.3 is 0 Å². The predicted molar refractivity (Wildman–Crippen MR) is 108 cm³/mol. The number of fused-ring (bicyclic) bond motifs is 1. The van der Waals surface area contributed by atoms with Crippen LogP contribution in [-0.2, 0) is 9.59 Å². The molecule has 4 rings (SSSR count). The third-order valence-electron chi connectivity index (χ3n) is 6.07. The molecule has 0 aliphatic carbocycles. The molecule has 7 heteroatoms. The number of benzene rings is 1. The highest BCUT2D eigenvalue weighted by molar-refractivity contribution is 5.83. The van der Waals surface area contributed by atoms with E-state index in [1.54, 1.807) is 0 Å². The highest BCUT2D eigenvalue weighted by atomic mass is 16.2. The number of hydrogen-bond acceptors (Lipinski definition) is 5. The van der Waals surface area contributed by atoms with Gasteiger partial charge in [0, 0.05) is 43.7 Å². The molecule has 28 heavy (non-hydrogen) atoms. The van der Waals surface area contributed by atoms with Crippen molar-refractivity contribution in [2.45, 2.75) is 44.6 Å². The van der Waals surface area contributed by atoms with Gasteiger partial charge in [-0.3, -0.25) is 9.59 Å². The van der Waals surface area contributed by atoms with E-state index in [1.807, 2.05) is 35.4 Å². The van der Waals surface area contributed by atoms with Crippen LogP contribution in [0.5, 0.6) is 0 Å². The molecule has 0 unspecified atom stereocenters. The molecule has 0 radical (unpaired) electrons. The van der Waals surface area contributed by atoms with Crippen LogP contribution >= 0.6 is 0 Å². The lowest BCUT2D eigenvalue weighted by molar-refractivity contribution is -0.132. The fourth-order valence-corrected chi connectivity index (χ4v) is 4.60. The average Bonchev–Trinajstić information content (AvgIpc) is 2.99. The normalized spacial score (nSPS) is 22.5. The lowest BCUT2D eigenvalue weighted by Crippen LogP contribution is -2.46. The number of hydrogen-bond donors (Lipinski definition) is 1. The molecule has 1 aromatic heterocycles. The van der Waals surface area contributed by atoms with E-state index in [-0.39, 0.29) is 23.9 Å². The summed E-state index contributed by atoms with van der Waals surface area (Å²) in [4.78, 5) is 37.3. The molecule has 3 heterocycles. The maximum Gasteiger partial charge on any atom is 0.241 e. The molecule has 0 bridgehead atoms. The maximum absolute atomic E-state index is 12.4. The summed E-state index contributed by atoms with van der Waals surface area (Å²) >= 11 is 0. The van der Waals surface area contributed by atoms with Crippen LogP contribution in [0.15, 0.2) is 30.5 Å². The van der Waals surface area contributed by atoms with Crippen molar-refractivity contribution in [2.75, 3.05) is 31.1 Å². The summed E-state index contributed by atoms with van der Waals surface area (Å²) < 4.78 is 0. The minimum Gasteiger partial charge on any atom is -0.347 e. The van der Waals surface area contributed by atoms with Gasteiger partial charge in [0.1, 0.15) is 0 Å². The molecule has 2 amide bonds. The van der Waals surface area contributed by atoms with Gasteiger partial charge in [0.05, 0.1) is 12.1 Å². The third kappa shape index (κ3) is 3.66. The Morgan fingerprint density at radius 1 is 1.11 bits per heavy atom. The van der Waals surface area contributed by atoms with Gasteiger partial charge in [-0.25, -0.2) is 9.97 Å². The Morgan fingerprint density at radius 2 is 1.89 bits per heavy atom. The number of aromatic nitrogens is 2. The van der Waals surface area contributed by atoms with Gasteiger partial charge in [-0.2, -0.15) is 0 Å².